The molecule has 1 amide bonds. The van der Waals surface area contributed by atoms with Gasteiger partial charge in [0.2, 0.25) is 0 Å². The Hall–Kier alpha value is -2.92. The van der Waals surface area contributed by atoms with Gasteiger partial charge in [-0.2, -0.15) is 0 Å². The van der Waals surface area contributed by atoms with Gasteiger partial charge in [-0.05, 0) is 66.7 Å². The molecule has 3 heterocycles. The lowest BCUT2D eigenvalue weighted by molar-refractivity contribution is 0.0674. The molecule has 142 valence electrons. The Morgan fingerprint density at radius 1 is 1.18 bits per heavy atom. The molecular weight excluding hydrogens is 350 g/mol. The lowest BCUT2D eigenvalue weighted by atomic mass is 10.00. The number of methoxy groups -OCH3 is 1. The maximum atomic E-state index is 12.9. The van der Waals surface area contributed by atoms with Crippen molar-refractivity contribution in [2.45, 2.75) is 25.4 Å². The number of carbonyl (C=O) groups excluding carboxylic acids is 1. The third-order valence-electron chi connectivity index (χ3n) is 5.89. The third kappa shape index (κ3) is 2.83. The summed E-state index contributed by atoms with van der Waals surface area (Å²) in [6, 6.07) is 14.4. The Labute approximate surface area is 164 Å². The fourth-order valence-corrected chi connectivity index (χ4v) is 4.40. The van der Waals surface area contributed by atoms with Crippen LogP contribution >= 0.6 is 0 Å². The summed E-state index contributed by atoms with van der Waals surface area (Å²) in [5, 5.41) is 5.59. The van der Waals surface area contributed by atoms with Crippen molar-refractivity contribution < 1.29 is 9.53 Å². The van der Waals surface area contributed by atoms with Crippen molar-refractivity contribution in [3.8, 4) is 17.0 Å². The van der Waals surface area contributed by atoms with Gasteiger partial charge >= 0.3 is 0 Å². The molecule has 1 aromatic heterocycles. The number of carbonyl (C=O) groups is 1. The summed E-state index contributed by atoms with van der Waals surface area (Å²) in [4.78, 5) is 19.6. The minimum Gasteiger partial charge on any atom is -0.497 e. The highest BCUT2D eigenvalue weighted by atomic mass is 16.5. The third-order valence-corrected chi connectivity index (χ3v) is 5.89. The first-order valence-electron chi connectivity index (χ1n) is 9.82. The van der Waals surface area contributed by atoms with E-state index < -0.39 is 0 Å². The fourth-order valence-electron chi connectivity index (χ4n) is 4.40. The maximum Gasteiger partial charge on any atom is 0.254 e. The molecule has 0 radical (unpaired) electrons. The lowest BCUT2D eigenvalue weighted by Crippen LogP contribution is -2.46. The number of aromatic nitrogens is 1. The number of nitrogens with zero attached hydrogens (tertiary/aromatic N) is 2. The summed E-state index contributed by atoms with van der Waals surface area (Å²) < 4.78 is 5.34. The van der Waals surface area contributed by atoms with Gasteiger partial charge in [-0.15, -0.1) is 0 Å². The standard InChI is InChI=1S/C23H23N3O2/c1-28-19-5-7-20-15(12-19)8-10-25-22(20)16-4-6-21-17(11-16)14-26(23(21)27)18-3-2-9-24-13-18/h4-8,10-12,18,24H,2-3,9,13-14H2,1H3. The number of nitrogens with one attached hydrogen (secondary N) is 1. The highest BCUT2D eigenvalue weighted by molar-refractivity contribution is 6.00. The van der Waals surface area contributed by atoms with Crippen molar-refractivity contribution in [2.75, 3.05) is 20.2 Å². The molecule has 1 atom stereocenters. The Balaban J connectivity index is 1.51. The largest absolute Gasteiger partial charge is 0.497 e. The number of amides is 1. The van der Waals surface area contributed by atoms with Crippen LogP contribution in [0.3, 0.4) is 0 Å². The molecule has 0 saturated carbocycles. The summed E-state index contributed by atoms with van der Waals surface area (Å²) in [5.41, 5.74) is 3.91. The van der Waals surface area contributed by atoms with Gasteiger partial charge in [0.05, 0.1) is 12.8 Å². The van der Waals surface area contributed by atoms with E-state index in [-0.39, 0.29) is 5.91 Å². The zero-order chi connectivity index (χ0) is 19.1. The molecule has 5 rings (SSSR count). The number of pyridine rings is 1. The smallest absolute Gasteiger partial charge is 0.254 e. The van der Waals surface area contributed by atoms with Crippen molar-refractivity contribution in [1.29, 1.82) is 0 Å². The van der Waals surface area contributed by atoms with Crippen LogP contribution < -0.4 is 10.1 Å². The van der Waals surface area contributed by atoms with Crippen LogP contribution in [0.25, 0.3) is 22.0 Å². The summed E-state index contributed by atoms with van der Waals surface area (Å²) in [7, 11) is 1.67. The molecule has 28 heavy (non-hydrogen) atoms. The summed E-state index contributed by atoms with van der Waals surface area (Å²) in [5.74, 6) is 0.992. The second-order valence-corrected chi connectivity index (χ2v) is 7.55. The summed E-state index contributed by atoms with van der Waals surface area (Å²) in [6.07, 6.45) is 4.03. The molecule has 3 aromatic rings. The average molecular weight is 373 g/mol. The maximum absolute atomic E-state index is 12.9. The average Bonchev–Trinajstić information content (AvgIpc) is 3.09. The molecule has 5 heteroatoms. The number of hydrogen-bond donors (Lipinski definition) is 1. The molecule has 1 saturated heterocycles. The van der Waals surface area contributed by atoms with E-state index in [0.717, 1.165) is 64.8 Å². The molecule has 2 aliphatic heterocycles. The molecule has 2 aliphatic rings. The number of ether oxygens (including phenoxy) is 1. The fraction of sp³-hybridized carbons (Fsp3) is 0.304. The van der Waals surface area contributed by atoms with Gasteiger partial charge < -0.3 is 15.0 Å². The monoisotopic (exact) mass is 373 g/mol. The van der Waals surface area contributed by atoms with Gasteiger partial charge in [0.15, 0.2) is 0 Å². The summed E-state index contributed by atoms with van der Waals surface area (Å²) in [6.45, 7) is 2.62. The molecule has 1 fully saturated rings. The highest BCUT2D eigenvalue weighted by Crippen LogP contribution is 2.33. The topological polar surface area (TPSA) is 54.5 Å². The van der Waals surface area contributed by atoms with Crippen molar-refractivity contribution in [3.63, 3.8) is 0 Å². The van der Waals surface area contributed by atoms with E-state index >= 15 is 0 Å². The van der Waals surface area contributed by atoms with Crippen molar-refractivity contribution in [1.82, 2.24) is 15.2 Å². The van der Waals surface area contributed by atoms with Gasteiger partial charge in [0.25, 0.3) is 5.91 Å². The predicted molar refractivity (Wildman–Crippen MR) is 109 cm³/mol. The summed E-state index contributed by atoms with van der Waals surface area (Å²) >= 11 is 0. The second-order valence-electron chi connectivity index (χ2n) is 7.55. The van der Waals surface area contributed by atoms with Crippen LogP contribution in [0.4, 0.5) is 0 Å². The molecular formula is C23H23N3O2. The Kier molecular flexibility index (Phi) is 4.24. The number of benzene rings is 2. The van der Waals surface area contributed by atoms with E-state index in [1.54, 1.807) is 7.11 Å². The number of fused-ring (bicyclic) bond motifs is 2. The molecule has 2 aromatic carbocycles. The SMILES string of the molecule is COc1ccc2c(-c3ccc4c(c3)CN(C3CCCNC3)C4=O)nccc2c1. The van der Waals surface area contributed by atoms with E-state index in [4.69, 9.17) is 4.74 Å². The molecule has 0 spiro atoms. The minimum atomic E-state index is 0.158. The van der Waals surface area contributed by atoms with Crippen LogP contribution in [0.2, 0.25) is 0 Å². The Bertz CT molecular complexity index is 1060. The first-order chi connectivity index (χ1) is 13.7. The lowest BCUT2D eigenvalue weighted by Gasteiger charge is -2.31. The Morgan fingerprint density at radius 2 is 2.11 bits per heavy atom. The highest BCUT2D eigenvalue weighted by Gasteiger charge is 2.33. The molecule has 1 unspecified atom stereocenters. The number of rotatable bonds is 3. The van der Waals surface area contributed by atoms with Crippen molar-refractivity contribution >= 4 is 16.7 Å². The molecule has 0 aliphatic carbocycles. The van der Waals surface area contributed by atoms with Crippen molar-refractivity contribution in [3.05, 3.63) is 59.8 Å². The molecule has 0 bridgehead atoms. The first kappa shape index (κ1) is 17.2. The second kappa shape index (κ2) is 6.91. The minimum absolute atomic E-state index is 0.158. The quantitative estimate of drug-likeness (QED) is 0.762. The van der Waals surface area contributed by atoms with Crippen LogP contribution in [0.5, 0.6) is 5.75 Å². The van der Waals surface area contributed by atoms with E-state index in [2.05, 4.69) is 22.4 Å². The van der Waals surface area contributed by atoms with Gasteiger partial charge in [-0.25, -0.2) is 0 Å². The van der Waals surface area contributed by atoms with Crippen LogP contribution in [-0.4, -0.2) is 42.0 Å². The van der Waals surface area contributed by atoms with Gasteiger partial charge in [-0.1, -0.05) is 6.07 Å². The first-order valence-corrected chi connectivity index (χ1v) is 9.82. The predicted octanol–water partition coefficient (Wildman–Crippen LogP) is 3.62. The molecule has 1 N–H and O–H groups in total. The zero-order valence-corrected chi connectivity index (χ0v) is 15.9. The van der Waals surface area contributed by atoms with Gasteiger partial charge in [0.1, 0.15) is 5.75 Å². The van der Waals surface area contributed by atoms with E-state index in [0.29, 0.717) is 12.6 Å². The molecule has 5 nitrogen and oxygen atoms in total. The van der Waals surface area contributed by atoms with E-state index in [1.165, 1.54) is 0 Å². The van der Waals surface area contributed by atoms with E-state index in [1.807, 2.05) is 41.4 Å². The van der Waals surface area contributed by atoms with Gasteiger partial charge in [0, 0.05) is 41.8 Å². The van der Waals surface area contributed by atoms with Gasteiger partial charge in [-0.3, -0.25) is 9.78 Å². The van der Waals surface area contributed by atoms with Crippen LogP contribution in [-0.2, 0) is 6.54 Å². The van der Waals surface area contributed by atoms with Crippen LogP contribution in [0.15, 0.2) is 48.7 Å². The van der Waals surface area contributed by atoms with Crippen LogP contribution in [0, 0.1) is 0 Å². The van der Waals surface area contributed by atoms with Crippen molar-refractivity contribution in [2.24, 2.45) is 0 Å². The normalized spacial score (nSPS) is 19.1. The number of hydrogen-bond acceptors (Lipinski definition) is 4. The Morgan fingerprint density at radius 3 is 2.93 bits per heavy atom. The number of piperidine rings is 1. The van der Waals surface area contributed by atoms with Crippen LogP contribution in [0.1, 0.15) is 28.8 Å². The zero-order valence-electron chi connectivity index (χ0n) is 15.9. The van der Waals surface area contributed by atoms with E-state index in [9.17, 15) is 4.79 Å².